The molecule has 0 saturated carbocycles. The summed E-state index contributed by atoms with van der Waals surface area (Å²) in [5.74, 6) is -0.416. The van der Waals surface area contributed by atoms with E-state index in [4.69, 9.17) is 34.4 Å². The highest BCUT2D eigenvalue weighted by Gasteiger charge is 2.25. The van der Waals surface area contributed by atoms with Gasteiger partial charge in [0, 0.05) is 65.2 Å². The van der Waals surface area contributed by atoms with Crippen LogP contribution in [0.1, 0.15) is 150 Å². The van der Waals surface area contributed by atoms with Gasteiger partial charge in [0.25, 0.3) is 0 Å². The molecule has 0 fully saturated rings. The zero-order chi connectivity index (χ0) is 44.5. The number of carbonyl (C=O) groups is 5. The minimum atomic E-state index is -0.672. The van der Waals surface area contributed by atoms with Crippen LogP contribution >= 0.6 is 0 Å². The van der Waals surface area contributed by atoms with Crippen molar-refractivity contribution in [2.45, 2.75) is 168 Å². The van der Waals surface area contributed by atoms with Gasteiger partial charge < -0.3 is 59.7 Å². The molecule has 0 saturated heterocycles. The van der Waals surface area contributed by atoms with Gasteiger partial charge in [0.1, 0.15) is 0 Å². The van der Waals surface area contributed by atoms with Gasteiger partial charge in [0.2, 0.25) is 29.5 Å². The van der Waals surface area contributed by atoms with Crippen molar-refractivity contribution in [3.63, 3.8) is 0 Å². The molecule has 16 heteroatoms. The molecule has 0 unspecified atom stereocenters. The van der Waals surface area contributed by atoms with E-state index in [1.807, 2.05) is 6.92 Å². The highest BCUT2D eigenvalue weighted by Crippen LogP contribution is 2.26. The van der Waals surface area contributed by atoms with Crippen molar-refractivity contribution in [3.05, 3.63) is 0 Å². The van der Waals surface area contributed by atoms with Gasteiger partial charge in [-0.25, -0.2) is 0 Å². The Hall–Kier alpha value is -2.89. The summed E-state index contributed by atoms with van der Waals surface area (Å²) >= 11 is 0. The van der Waals surface area contributed by atoms with Gasteiger partial charge in [0.15, 0.2) is 0 Å². The molecule has 14 N–H and O–H groups in total. The van der Waals surface area contributed by atoms with Crippen molar-refractivity contribution >= 4 is 29.5 Å². The summed E-state index contributed by atoms with van der Waals surface area (Å²) in [6.07, 6.45) is 12.9. The number of nitrogens with zero attached hydrogens (tertiary/aromatic N) is 3. The predicted octanol–water partition coefficient (Wildman–Crippen LogP) is 2.04. The first kappa shape index (κ1) is 56.1. The number of hydrogen-bond donors (Lipinski definition) is 8. The average Bonchev–Trinajstić information content (AvgIpc) is 3.19. The monoisotopic (exact) mass is 840 g/mol. The van der Waals surface area contributed by atoms with Crippen LogP contribution in [0.3, 0.4) is 0 Å². The fourth-order valence-corrected chi connectivity index (χ4v) is 7.23. The lowest BCUT2D eigenvalue weighted by molar-refractivity contribution is -0.135. The largest absolute Gasteiger partial charge is 0.356 e. The first-order chi connectivity index (χ1) is 28.2. The summed E-state index contributed by atoms with van der Waals surface area (Å²) in [6.45, 7) is 13.4. The van der Waals surface area contributed by atoms with Crippen LogP contribution in [0.4, 0.5) is 0 Å². The van der Waals surface area contributed by atoms with Gasteiger partial charge in [-0.15, -0.1) is 0 Å². The molecule has 16 nitrogen and oxygen atoms in total. The van der Waals surface area contributed by atoms with Gasteiger partial charge in [-0.1, -0.05) is 53.4 Å². The van der Waals surface area contributed by atoms with Gasteiger partial charge in [-0.2, -0.15) is 0 Å². The van der Waals surface area contributed by atoms with E-state index in [0.717, 1.165) is 57.8 Å². The SMILES string of the molecule is CCCC(=O)NCCCN(CCCN(CCCCN(CCCNC(=O)CC(C)(C)CCC)C(=O)[C@@H](N)CCCCN)C(=O)[C@@H](N)CCCCN)C(=O)[C@@H](N)CCCCN. The number of nitrogens with one attached hydrogen (secondary N) is 2. The Labute approximate surface area is 357 Å². The molecular formula is C43H89N11O5. The lowest BCUT2D eigenvalue weighted by Crippen LogP contribution is -2.47. The maximum absolute atomic E-state index is 13.7. The second-order valence-corrected chi connectivity index (χ2v) is 17.0. The third-order valence-corrected chi connectivity index (χ3v) is 10.7. The lowest BCUT2D eigenvalue weighted by Gasteiger charge is -2.30. The summed E-state index contributed by atoms with van der Waals surface area (Å²) in [6, 6.07) is -1.96. The number of rotatable bonds is 38. The van der Waals surface area contributed by atoms with Crippen LogP contribution in [-0.4, -0.2) is 134 Å². The second-order valence-electron chi connectivity index (χ2n) is 17.0. The molecule has 5 amide bonds. The lowest BCUT2D eigenvalue weighted by atomic mass is 9.84. The average molecular weight is 840 g/mol. The van der Waals surface area contributed by atoms with Gasteiger partial charge in [-0.05, 0) is 109 Å². The molecule has 0 aromatic rings. The first-order valence-corrected chi connectivity index (χ1v) is 22.9. The van der Waals surface area contributed by atoms with Crippen molar-refractivity contribution in [2.24, 2.45) is 39.8 Å². The van der Waals surface area contributed by atoms with Crippen LogP contribution in [-0.2, 0) is 24.0 Å². The minimum Gasteiger partial charge on any atom is -0.356 e. The molecule has 3 atom stereocenters. The molecule has 0 aliphatic heterocycles. The molecule has 0 rings (SSSR count). The quantitative estimate of drug-likeness (QED) is 0.0417. The molecule has 0 aliphatic rings. The summed E-state index contributed by atoms with van der Waals surface area (Å²) in [4.78, 5) is 70.7. The third kappa shape index (κ3) is 27.6. The molecule has 0 radical (unpaired) electrons. The zero-order valence-corrected chi connectivity index (χ0v) is 37.8. The highest BCUT2D eigenvalue weighted by atomic mass is 16.2. The molecule has 59 heavy (non-hydrogen) atoms. The molecule has 0 aromatic carbocycles. The summed E-state index contributed by atoms with van der Waals surface area (Å²) in [5.41, 5.74) is 36.1. The summed E-state index contributed by atoms with van der Waals surface area (Å²) < 4.78 is 0. The standard InChI is InChI=1S/C43H89N11O5/c1-5-18-38(55)50-26-15-31-54(42(59)37(49)21-9-12-25-46)33-17-32-53(41(58)36(48)20-8-11-24-45)29-14-13-28-52(40(57)35(47)19-7-10-23-44)30-16-27-51-39(56)34-43(3,4)22-6-2/h35-37H,5-34,44-49H2,1-4H3,(H,50,55)(H,51,56)/t35-,36-,37-/m0/s1. The van der Waals surface area contributed by atoms with E-state index in [9.17, 15) is 24.0 Å². The number of unbranched alkanes of at least 4 members (excludes halogenated alkanes) is 4. The predicted molar refractivity (Wildman–Crippen MR) is 240 cm³/mol. The second kappa shape index (κ2) is 34.8. The Kier molecular flexibility index (Phi) is 33.1. The van der Waals surface area contributed by atoms with E-state index in [1.54, 1.807) is 14.7 Å². The fourth-order valence-electron chi connectivity index (χ4n) is 7.23. The molecule has 0 spiro atoms. The Balaban J connectivity index is 5.74. The molecule has 346 valence electrons. The number of hydrogen-bond acceptors (Lipinski definition) is 11. The smallest absolute Gasteiger partial charge is 0.239 e. The summed E-state index contributed by atoms with van der Waals surface area (Å²) in [5, 5.41) is 5.94. The molecule has 0 bridgehead atoms. The Bertz CT molecular complexity index is 1150. The van der Waals surface area contributed by atoms with Crippen molar-refractivity contribution in [1.82, 2.24) is 25.3 Å². The van der Waals surface area contributed by atoms with E-state index in [1.165, 1.54) is 0 Å². The minimum absolute atomic E-state index is 0.00970. The normalized spacial score (nSPS) is 13.1. The van der Waals surface area contributed by atoms with Crippen molar-refractivity contribution < 1.29 is 24.0 Å². The fraction of sp³-hybridized carbons (Fsp3) is 0.884. The van der Waals surface area contributed by atoms with Gasteiger partial charge >= 0.3 is 0 Å². The van der Waals surface area contributed by atoms with Crippen LogP contribution < -0.4 is 45.0 Å². The van der Waals surface area contributed by atoms with E-state index in [-0.39, 0.29) is 35.0 Å². The number of nitrogens with two attached hydrogens (primary N) is 6. The Morgan fingerprint density at radius 1 is 0.492 bits per heavy atom. The van der Waals surface area contributed by atoms with E-state index >= 15 is 0 Å². The van der Waals surface area contributed by atoms with E-state index in [0.29, 0.717) is 136 Å². The Morgan fingerprint density at radius 2 is 0.847 bits per heavy atom. The van der Waals surface area contributed by atoms with Crippen LogP contribution in [0.5, 0.6) is 0 Å². The molecule has 0 heterocycles. The van der Waals surface area contributed by atoms with Crippen LogP contribution in [0, 0.1) is 5.41 Å². The van der Waals surface area contributed by atoms with Crippen LogP contribution in [0.2, 0.25) is 0 Å². The Morgan fingerprint density at radius 3 is 1.20 bits per heavy atom. The van der Waals surface area contributed by atoms with Crippen molar-refractivity contribution in [3.8, 4) is 0 Å². The third-order valence-electron chi connectivity index (χ3n) is 10.7. The molecule has 0 aromatic heterocycles. The van der Waals surface area contributed by atoms with E-state index < -0.39 is 18.1 Å². The van der Waals surface area contributed by atoms with Crippen molar-refractivity contribution in [1.29, 1.82) is 0 Å². The molecular weight excluding hydrogens is 751 g/mol. The molecule has 0 aliphatic carbocycles. The maximum Gasteiger partial charge on any atom is 0.239 e. The highest BCUT2D eigenvalue weighted by molar-refractivity contribution is 5.83. The van der Waals surface area contributed by atoms with Crippen LogP contribution in [0.15, 0.2) is 0 Å². The number of amides is 5. The topological polar surface area (TPSA) is 275 Å². The van der Waals surface area contributed by atoms with Crippen molar-refractivity contribution in [2.75, 3.05) is 72.0 Å². The summed E-state index contributed by atoms with van der Waals surface area (Å²) in [7, 11) is 0. The zero-order valence-electron chi connectivity index (χ0n) is 37.8. The van der Waals surface area contributed by atoms with Gasteiger partial charge in [0.05, 0.1) is 18.1 Å². The van der Waals surface area contributed by atoms with Gasteiger partial charge in [-0.3, -0.25) is 24.0 Å². The maximum atomic E-state index is 13.7. The first-order valence-electron chi connectivity index (χ1n) is 22.9. The van der Waals surface area contributed by atoms with E-state index in [2.05, 4.69) is 31.4 Å². The number of carbonyl (C=O) groups excluding carboxylic acids is 5. The van der Waals surface area contributed by atoms with Crippen LogP contribution in [0.25, 0.3) is 0 Å².